The largest absolute Gasteiger partial charge is 0.305 e. The van der Waals surface area contributed by atoms with Gasteiger partial charge in [-0.05, 0) is 35.9 Å². The van der Waals surface area contributed by atoms with Crippen LogP contribution in [0.5, 0.6) is 0 Å². The molecule has 82 valence electrons. The lowest BCUT2D eigenvalue weighted by atomic mass is 9.92. The Morgan fingerprint density at radius 3 is 3.06 bits per heavy atom. The van der Waals surface area contributed by atoms with Crippen LogP contribution in [0, 0.1) is 6.92 Å². The third-order valence-electron chi connectivity index (χ3n) is 3.18. The molecule has 1 unspecified atom stereocenters. The normalized spacial score (nSPS) is 19.4. The third-order valence-corrected chi connectivity index (χ3v) is 4.12. The monoisotopic (exact) mass is 229 g/mol. The summed E-state index contributed by atoms with van der Waals surface area (Å²) in [5, 5.41) is 5.77. The van der Waals surface area contributed by atoms with Gasteiger partial charge in [-0.2, -0.15) is 0 Å². The minimum Gasteiger partial charge on any atom is -0.305 e. The molecular formula is C14H15NS. The van der Waals surface area contributed by atoms with Crippen LogP contribution in [0.3, 0.4) is 0 Å². The van der Waals surface area contributed by atoms with E-state index in [1.165, 1.54) is 21.6 Å². The predicted molar refractivity (Wildman–Crippen MR) is 69.0 cm³/mol. The van der Waals surface area contributed by atoms with Gasteiger partial charge in [0.25, 0.3) is 0 Å². The lowest BCUT2D eigenvalue weighted by Gasteiger charge is -2.26. The second-order valence-electron chi connectivity index (χ2n) is 4.35. The molecule has 1 nitrogen and oxygen atoms in total. The van der Waals surface area contributed by atoms with Crippen LogP contribution >= 0.6 is 11.3 Å². The summed E-state index contributed by atoms with van der Waals surface area (Å²) in [5.41, 5.74) is 4.32. The minimum atomic E-state index is 0.406. The highest BCUT2D eigenvalue weighted by Gasteiger charge is 2.21. The number of hydrogen-bond acceptors (Lipinski definition) is 2. The van der Waals surface area contributed by atoms with Gasteiger partial charge in [-0.25, -0.2) is 0 Å². The topological polar surface area (TPSA) is 12.0 Å². The fourth-order valence-corrected chi connectivity index (χ4v) is 3.20. The highest BCUT2D eigenvalue weighted by Crippen LogP contribution is 2.31. The Morgan fingerprint density at radius 1 is 1.31 bits per heavy atom. The summed E-state index contributed by atoms with van der Waals surface area (Å²) in [6.45, 7) is 3.25. The Kier molecular flexibility index (Phi) is 2.54. The zero-order valence-corrected chi connectivity index (χ0v) is 10.2. The molecule has 1 aromatic carbocycles. The van der Waals surface area contributed by atoms with Crippen molar-refractivity contribution in [3.05, 3.63) is 57.3 Å². The van der Waals surface area contributed by atoms with Gasteiger partial charge in [-0.15, -0.1) is 11.3 Å². The number of aryl methyl sites for hydroxylation is 1. The maximum Gasteiger partial charge on any atom is 0.0673 e. The van der Waals surface area contributed by atoms with Gasteiger partial charge in [0.2, 0.25) is 0 Å². The highest BCUT2D eigenvalue weighted by molar-refractivity contribution is 7.10. The van der Waals surface area contributed by atoms with Crippen molar-refractivity contribution in [2.24, 2.45) is 0 Å². The van der Waals surface area contributed by atoms with Gasteiger partial charge < -0.3 is 5.32 Å². The van der Waals surface area contributed by atoms with Crippen LogP contribution in [0.25, 0.3) is 0 Å². The van der Waals surface area contributed by atoms with E-state index in [4.69, 9.17) is 0 Å². The fraction of sp³-hybridized carbons (Fsp3) is 0.286. The van der Waals surface area contributed by atoms with E-state index in [1.807, 2.05) is 11.3 Å². The maximum atomic E-state index is 3.62. The summed E-state index contributed by atoms with van der Waals surface area (Å²) in [6, 6.07) is 11.6. The minimum absolute atomic E-state index is 0.406. The molecule has 2 heterocycles. The Balaban J connectivity index is 2.08. The van der Waals surface area contributed by atoms with Crippen molar-refractivity contribution in [1.82, 2.24) is 5.32 Å². The van der Waals surface area contributed by atoms with Gasteiger partial charge in [0.05, 0.1) is 6.04 Å². The number of fused-ring (bicyclic) bond motifs is 1. The van der Waals surface area contributed by atoms with E-state index in [0.717, 1.165) is 13.0 Å². The molecular weight excluding hydrogens is 214 g/mol. The van der Waals surface area contributed by atoms with E-state index >= 15 is 0 Å². The first-order valence-corrected chi connectivity index (χ1v) is 6.59. The summed E-state index contributed by atoms with van der Waals surface area (Å²) < 4.78 is 0. The highest BCUT2D eigenvalue weighted by atomic mass is 32.1. The Morgan fingerprint density at radius 2 is 2.25 bits per heavy atom. The Hall–Kier alpha value is -1.12. The van der Waals surface area contributed by atoms with Gasteiger partial charge in [0.1, 0.15) is 0 Å². The summed E-state index contributed by atoms with van der Waals surface area (Å²) in [5.74, 6) is 0. The van der Waals surface area contributed by atoms with Crippen LogP contribution in [0.1, 0.15) is 27.6 Å². The zero-order chi connectivity index (χ0) is 11.0. The number of benzene rings is 1. The molecule has 0 bridgehead atoms. The first-order chi connectivity index (χ1) is 7.84. The number of rotatable bonds is 1. The van der Waals surface area contributed by atoms with Crippen molar-refractivity contribution in [3.63, 3.8) is 0 Å². The van der Waals surface area contributed by atoms with Crippen LogP contribution in [0.2, 0.25) is 0 Å². The van der Waals surface area contributed by atoms with Gasteiger partial charge >= 0.3 is 0 Å². The van der Waals surface area contributed by atoms with Gasteiger partial charge in [0.15, 0.2) is 0 Å². The Bertz CT molecular complexity index is 487. The second-order valence-corrected chi connectivity index (χ2v) is 5.33. The van der Waals surface area contributed by atoms with Gasteiger partial charge in [-0.3, -0.25) is 0 Å². The first kappa shape index (κ1) is 10.1. The standard InChI is InChI=1S/C14H15NS/c1-10-4-5-11-6-7-15-14(12(11)9-10)13-3-2-8-16-13/h2-5,8-9,14-15H,6-7H2,1H3. The van der Waals surface area contributed by atoms with Crippen molar-refractivity contribution in [2.45, 2.75) is 19.4 Å². The van der Waals surface area contributed by atoms with E-state index in [9.17, 15) is 0 Å². The summed E-state index contributed by atoms with van der Waals surface area (Å²) >= 11 is 1.84. The molecule has 16 heavy (non-hydrogen) atoms. The smallest absolute Gasteiger partial charge is 0.0673 e. The summed E-state index contributed by atoms with van der Waals surface area (Å²) in [6.07, 6.45) is 1.15. The van der Waals surface area contributed by atoms with Gasteiger partial charge in [0, 0.05) is 11.4 Å². The van der Waals surface area contributed by atoms with Crippen molar-refractivity contribution < 1.29 is 0 Å². The van der Waals surface area contributed by atoms with Crippen LogP contribution in [0.4, 0.5) is 0 Å². The van der Waals surface area contributed by atoms with E-state index in [0.29, 0.717) is 6.04 Å². The van der Waals surface area contributed by atoms with Crippen LogP contribution in [-0.4, -0.2) is 6.54 Å². The summed E-state index contributed by atoms with van der Waals surface area (Å²) in [7, 11) is 0. The van der Waals surface area contributed by atoms with Crippen molar-refractivity contribution in [3.8, 4) is 0 Å². The van der Waals surface area contributed by atoms with E-state index in [-0.39, 0.29) is 0 Å². The van der Waals surface area contributed by atoms with Crippen LogP contribution in [0.15, 0.2) is 35.7 Å². The molecule has 0 radical (unpaired) electrons. The van der Waals surface area contributed by atoms with Gasteiger partial charge in [-0.1, -0.05) is 29.8 Å². The molecule has 2 aromatic rings. The second kappa shape index (κ2) is 4.04. The van der Waals surface area contributed by atoms with Crippen LogP contribution < -0.4 is 5.32 Å². The fourth-order valence-electron chi connectivity index (χ4n) is 2.38. The quantitative estimate of drug-likeness (QED) is 0.791. The molecule has 1 atom stereocenters. The van der Waals surface area contributed by atoms with Crippen LogP contribution in [-0.2, 0) is 6.42 Å². The van der Waals surface area contributed by atoms with Crippen molar-refractivity contribution in [2.75, 3.05) is 6.54 Å². The lowest BCUT2D eigenvalue weighted by Crippen LogP contribution is -2.30. The van der Waals surface area contributed by atoms with E-state index in [2.05, 4.69) is 48.0 Å². The Labute approximate surface area is 100 Å². The lowest BCUT2D eigenvalue weighted by molar-refractivity contribution is 0.574. The number of thiophene rings is 1. The number of hydrogen-bond donors (Lipinski definition) is 1. The molecule has 1 N–H and O–H groups in total. The molecule has 2 heteroatoms. The molecule has 0 fully saturated rings. The molecule has 0 amide bonds. The zero-order valence-electron chi connectivity index (χ0n) is 9.36. The average Bonchev–Trinajstić information content (AvgIpc) is 2.81. The van der Waals surface area contributed by atoms with Crippen molar-refractivity contribution in [1.29, 1.82) is 0 Å². The third kappa shape index (κ3) is 1.68. The predicted octanol–water partition coefficient (Wildman–Crippen LogP) is 3.29. The van der Waals surface area contributed by atoms with E-state index < -0.39 is 0 Å². The first-order valence-electron chi connectivity index (χ1n) is 5.71. The molecule has 1 aliphatic rings. The maximum absolute atomic E-state index is 3.62. The molecule has 0 spiro atoms. The molecule has 0 saturated heterocycles. The van der Waals surface area contributed by atoms with E-state index in [1.54, 1.807) is 0 Å². The van der Waals surface area contributed by atoms with Crippen molar-refractivity contribution >= 4 is 11.3 Å². The molecule has 1 aromatic heterocycles. The molecule has 0 saturated carbocycles. The molecule has 3 rings (SSSR count). The average molecular weight is 229 g/mol. The molecule has 1 aliphatic heterocycles. The SMILES string of the molecule is Cc1ccc2c(c1)C(c1cccs1)NCC2. The molecule has 0 aliphatic carbocycles. The number of nitrogens with one attached hydrogen (secondary N) is 1. The summed E-state index contributed by atoms with van der Waals surface area (Å²) in [4.78, 5) is 1.42.